The van der Waals surface area contributed by atoms with Crippen LogP contribution in [0.4, 0.5) is 17.3 Å². The first-order valence-corrected chi connectivity index (χ1v) is 9.12. The lowest BCUT2D eigenvalue weighted by molar-refractivity contribution is -0.117. The molecule has 0 bridgehead atoms. The van der Waals surface area contributed by atoms with Gasteiger partial charge in [0.05, 0.1) is 5.25 Å². The SMILES string of the molecule is CCC(Sc1ncnc(N)n1)C(=O)N(c1ccccc1)c1ccccc1. The van der Waals surface area contributed by atoms with Gasteiger partial charge < -0.3 is 5.73 Å². The lowest BCUT2D eigenvalue weighted by Gasteiger charge is -2.26. The van der Waals surface area contributed by atoms with Crippen LogP contribution in [-0.4, -0.2) is 26.1 Å². The summed E-state index contributed by atoms with van der Waals surface area (Å²) in [6, 6.07) is 19.2. The van der Waals surface area contributed by atoms with E-state index in [0.29, 0.717) is 11.6 Å². The molecule has 1 heterocycles. The van der Waals surface area contributed by atoms with Crippen LogP contribution in [0.3, 0.4) is 0 Å². The maximum Gasteiger partial charge on any atom is 0.245 e. The number of rotatable bonds is 6. The van der Waals surface area contributed by atoms with Crippen LogP contribution in [0.2, 0.25) is 0 Å². The van der Waals surface area contributed by atoms with Gasteiger partial charge in [-0.05, 0) is 30.7 Å². The number of aromatic nitrogens is 3. The number of benzene rings is 2. The van der Waals surface area contributed by atoms with Gasteiger partial charge in [-0.1, -0.05) is 55.1 Å². The van der Waals surface area contributed by atoms with Gasteiger partial charge in [-0.2, -0.15) is 4.98 Å². The van der Waals surface area contributed by atoms with Gasteiger partial charge in [-0.15, -0.1) is 0 Å². The van der Waals surface area contributed by atoms with Crippen LogP contribution in [-0.2, 0) is 4.79 Å². The molecule has 1 amide bonds. The van der Waals surface area contributed by atoms with Crippen molar-refractivity contribution in [3.63, 3.8) is 0 Å². The van der Waals surface area contributed by atoms with Crippen LogP contribution >= 0.6 is 11.8 Å². The lowest BCUT2D eigenvalue weighted by Crippen LogP contribution is -2.34. The molecule has 3 aromatic rings. The number of hydrogen-bond donors (Lipinski definition) is 1. The molecule has 3 rings (SSSR count). The number of para-hydroxylation sites is 2. The third-order valence-electron chi connectivity index (χ3n) is 3.71. The molecule has 26 heavy (non-hydrogen) atoms. The molecule has 6 nitrogen and oxygen atoms in total. The lowest BCUT2D eigenvalue weighted by atomic mass is 10.2. The van der Waals surface area contributed by atoms with Gasteiger partial charge >= 0.3 is 0 Å². The number of carbonyl (C=O) groups is 1. The third-order valence-corrected chi connectivity index (χ3v) is 4.94. The minimum Gasteiger partial charge on any atom is -0.368 e. The van der Waals surface area contributed by atoms with Crippen LogP contribution in [0.5, 0.6) is 0 Å². The average Bonchev–Trinajstić information content (AvgIpc) is 2.68. The topological polar surface area (TPSA) is 85.0 Å². The summed E-state index contributed by atoms with van der Waals surface area (Å²) < 4.78 is 0. The van der Waals surface area contributed by atoms with Crippen LogP contribution in [0, 0.1) is 0 Å². The smallest absolute Gasteiger partial charge is 0.245 e. The fraction of sp³-hybridized carbons (Fsp3) is 0.158. The van der Waals surface area contributed by atoms with Crippen molar-refractivity contribution in [2.24, 2.45) is 0 Å². The second-order valence-electron chi connectivity index (χ2n) is 5.49. The highest BCUT2D eigenvalue weighted by Gasteiger charge is 2.27. The molecular formula is C19H19N5OS. The molecule has 2 aromatic carbocycles. The van der Waals surface area contributed by atoms with Crippen LogP contribution in [0.1, 0.15) is 13.3 Å². The molecule has 0 saturated carbocycles. The molecule has 0 aliphatic heterocycles. The fourth-order valence-electron chi connectivity index (χ4n) is 2.49. The Hall–Kier alpha value is -2.93. The largest absolute Gasteiger partial charge is 0.368 e. The van der Waals surface area contributed by atoms with E-state index < -0.39 is 0 Å². The van der Waals surface area contributed by atoms with Crippen molar-refractivity contribution in [3.8, 4) is 0 Å². The van der Waals surface area contributed by atoms with Gasteiger partial charge in [-0.3, -0.25) is 9.69 Å². The molecule has 0 spiro atoms. The third kappa shape index (κ3) is 4.18. The maximum atomic E-state index is 13.4. The summed E-state index contributed by atoms with van der Waals surface area (Å²) in [7, 11) is 0. The summed E-state index contributed by atoms with van der Waals surface area (Å²) in [6.07, 6.45) is 1.99. The van der Waals surface area contributed by atoms with E-state index in [1.54, 1.807) is 4.90 Å². The Labute approximate surface area is 156 Å². The molecule has 7 heteroatoms. The highest BCUT2D eigenvalue weighted by Crippen LogP contribution is 2.31. The summed E-state index contributed by atoms with van der Waals surface area (Å²) in [6.45, 7) is 1.97. The van der Waals surface area contributed by atoms with Crippen LogP contribution in [0.25, 0.3) is 0 Å². The van der Waals surface area contributed by atoms with E-state index in [4.69, 9.17) is 5.73 Å². The Bertz CT molecular complexity index is 821. The van der Waals surface area contributed by atoms with Gasteiger partial charge in [0.25, 0.3) is 0 Å². The first kappa shape index (κ1) is 17.9. The zero-order chi connectivity index (χ0) is 18.4. The summed E-state index contributed by atoms with van der Waals surface area (Å²) in [5, 5.41) is 0.0935. The molecule has 0 radical (unpaired) electrons. The van der Waals surface area contributed by atoms with E-state index in [1.165, 1.54) is 18.1 Å². The minimum atomic E-state index is -0.350. The van der Waals surface area contributed by atoms with Gasteiger partial charge in [0.2, 0.25) is 11.9 Å². The standard InChI is InChI=1S/C19H19N5OS/c1-2-16(26-19-22-13-21-18(20)23-19)17(25)24(14-9-5-3-6-10-14)15-11-7-4-8-12-15/h3-13,16H,2H2,1H3,(H2,20,21,22,23). The number of nitrogens with zero attached hydrogens (tertiary/aromatic N) is 4. The van der Waals surface area contributed by atoms with E-state index in [0.717, 1.165) is 11.4 Å². The number of thioether (sulfide) groups is 1. The number of amides is 1. The molecule has 132 valence electrons. The number of carbonyl (C=O) groups excluding carboxylic acids is 1. The van der Waals surface area contributed by atoms with E-state index in [2.05, 4.69) is 15.0 Å². The summed E-state index contributed by atoms with van der Waals surface area (Å²) in [4.78, 5) is 27.1. The van der Waals surface area contributed by atoms with Gasteiger partial charge in [0.1, 0.15) is 6.33 Å². The molecule has 2 N–H and O–H groups in total. The van der Waals surface area contributed by atoms with Crippen molar-refractivity contribution in [1.29, 1.82) is 0 Å². The molecule has 0 fully saturated rings. The van der Waals surface area contributed by atoms with E-state index in [9.17, 15) is 4.79 Å². The van der Waals surface area contributed by atoms with Crippen LogP contribution < -0.4 is 10.6 Å². The van der Waals surface area contributed by atoms with Gasteiger partial charge in [-0.25, -0.2) is 9.97 Å². The summed E-state index contributed by atoms with van der Waals surface area (Å²) >= 11 is 1.30. The number of anilines is 3. The zero-order valence-corrected chi connectivity index (χ0v) is 15.1. The quantitative estimate of drug-likeness (QED) is 0.671. The van der Waals surface area contributed by atoms with Crippen LogP contribution in [0.15, 0.2) is 72.1 Å². The molecule has 1 aromatic heterocycles. The van der Waals surface area contributed by atoms with Crippen molar-refractivity contribution in [2.45, 2.75) is 23.8 Å². The summed E-state index contributed by atoms with van der Waals surface area (Å²) in [5.41, 5.74) is 7.26. The second-order valence-corrected chi connectivity index (χ2v) is 6.66. The Balaban J connectivity index is 1.93. The predicted molar refractivity (Wildman–Crippen MR) is 104 cm³/mol. The monoisotopic (exact) mass is 365 g/mol. The first-order valence-electron chi connectivity index (χ1n) is 8.24. The van der Waals surface area contributed by atoms with Gasteiger partial charge in [0, 0.05) is 11.4 Å². The normalized spacial score (nSPS) is 11.7. The van der Waals surface area contributed by atoms with Crippen molar-refractivity contribution < 1.29 is 4.79 Å². The highest BCUT2D eigenvalue weighted by molar-refractivity contribution is 8.00. The van der Waals surface area contributed by atoms with Crippen molar-refractivity contribution in [3.05, 3.63) is 67.0 Å². The van der Waals surface area contributed by atoms with E-state index >= 15 is 0 Å². The first-order chi connectivity index (χ1) is 12.7. The number of nitrogens with two attached hydrogens (primary N) is 1. The average molecular weight is 365 g/mol. The van der Waals surface area contributed by atoms with Crippen molar-refractivity contribution in [1.82, 2.24) is 15.0 Å². The number of hydrogen-bond acceptors (Lipinski definition) is 6. The summed E-state index contributed by atoms with van der Waals surface area (Å²) in [5.74, 6) is 0.113. The zero-order valence-electron chi connectivity index (χ0n) is 14.3. The molecule has 1 atom stereocenters. The number of nitrogen functional groups attached to an aromatic ring is 1. The van der Waals surface area contributed by atoms with Gasteiger partial charge in [0.15, 0.2) is 5.16 Å². The second kappa shape index (κ2) is 8.44. The van der Waals surface area contributed by atoms with E-state index in [1.807, 2.05) is 67.6 Å². The molecule has 0 aliphatic rings. The Kier molecular flexibility index (Phi) is 5.80. The van der Waals surface area contributed by atoms with Crippen molar-refractivity contribution in [2.75, 3.05) is 10.6 Å². The molecule has 0 aliphatic carbocycles. The van der Waals surface area contributed by atoms with Crippen molar-refractivity contribution >= 4 is 35.0 Å². The Morgan fingerprint density at radius 3 is 2.12 bits per heavy atom. The molecule has 0 saturated heterocycles. The predicted octanol–water partition coefficient (Wildman–Crippen LogP) is 3.69. The Morgan fingerprint density at radius 1 is 1.04 bits per heavy atom. The molecular weight excluding hydrogens is 346 g/mol. The fourth-order valence-corrected chi connectivity index (χ4v) is 3.37. The van der Waals surface area contributed by atoms with E-state index in [-0.39, 0.29) is 17.1 Å². The minimum absolute atomic E-state index is 0.0334. The Morgan fingerprint density at radius 2 is 1.62 bits per heavy atom. The maximum absolute atomic E-state index is 13.4. The molecule has 1 unspecified atom stereocenters. The highest BCUT2D eigenvalue weighted by atomic mass is 32.2.